The Morgan fingerprint density at radius 1 is 1.14 bits per heavy atom. The first kappa shape index (κ1) is 27.8. The molecule has 13 heteroatoms. The fourth-order valence-electron chi connectivity index (χ4n) is 3.78. The van der Waals surface area contributed by atoms with E-state index < -0.39 is 59.5 Å². The van der Waals surface area contributed by atoms with E-state index in [0.717, 1.165) is 17.0 Å². The normalized spacial score (nSPS) is 16.7. The van der Waals surface area contributed by atoms with Gasteiger partial charge in [0, 0.05) is 18.2 Å². The number of anilines is 2. The first-order chi connectivity index (χ1) is 17.3. The van der Waals surface area contributed by atoms with Crippen LogP contribution < -0.4 is 20.9 Å². The molecule has 1 aromatic heterocycles. The van der Waals surface area contributed by atoms with E-state index in [-0.39, 0.29) is 18.2 Å². The molecule has 0 spiro atoms. The van der Waals surface area contributed by atoms with Crippen molar-refractivity contribution in [2.24, 2.45) is 5.92 Å². The molecule has 0 radical (unpaired) electrons. The molecule has 1 aromatic carbocycles. The van der Waals surface area contributed by atoms with Gasteiger partial charge in [-0.2, -0.15) is 13.2 Å². The van der Waals surface area contributed by atoms with Crippen LogP contribution in [0.25, 0.3) is 0 Å². The van der Waals surface area contributed by atoms with Gasteiger partial charge in [-0.1, -0.05) is 26.0 Å². The fourth-order valence-corrected chi connectivity index (χ4v) is 3.78. The number of halogens is 4. The zero-order valence-corrected chi connectivity index (χ0v) is 20.5. The van der Waals surface area contributed by atoms with Crippen LogP contribution in [0.3, 0.4) is 0 Å². The number of hydrogen-bond donors (Lipinski definition) is 3. The minimum Gasteiger partial charge on any atom is -0.424 e. The number of likely N-dealkylation sites (N-methyl/N-ethyl adjacent to an activating group) is 1. The van der Waals surface area contributed by atoms with Gasteiger partial charge in [-0.15, -0.1) is 0 Å². The highest BCUT2D eigenvalue weighted by Gasteiger charge is 2.42. The van der Waals surface area contributed by atoms with Crippen LogP contribution in [0.15, 0.2) is 36.5 Å². The first-order valence-electron chi connectivity index (χ1n) is 11.4. The summed E-state index contributed by atoms with van der Waals surface area (Å²) in [4.78, 5) is 44.0. The number of aromatic nitrogens is 1. The molecule has 0 saturated heterocycles. The van der Waals surface area contributed by atoms with E-state index in [0.29, 0.717) is 11.6 Å². The summed E-state index contributed by atoms with van der Waals surface area (Å²) in [6.45, 7) is 5.03. The Morgan fingerprint density at radius 3 is 2.46 bits per heavy atom. The largest absolute Gasteiger partial charge is 0.424 e. The van der Waals surface area contributed by atoms with E-state index in [4.69, 9.17) is 4.74 Å². The van der Waals surface area contributed by atoms with Crippen molar-refractivity contribution in [2.75, 3.05) is 17.3 Å². The maximum Gasteiger partial charge on any atom is 0.418 e. The lowest BCUT2D eigenvalue weighted by molar-refractivity contribution is -0.137. The van der Waals surface area contributed by atoms with Crippen LogP contribution in [0, 0.1) is 11.7 Å². The molecule has 0 unspecified atom stereocenters. The summed E-state index contributed by atoms with van der Waals surface area (Å²) in [5.74, 6) is -2.59. The first-order valence-corrected chi connectivity index (χ1v) is 11.4. The molecule has 2 heterocycles. The fraction of sp³-hybridized carbons (Fsp3) is 0.417. The Hall–Kier alpha value is -3.74. The van der Waals surface area contributed by atoms with Gasteiger partial charge in [-0.25, -0.2) is 14.2 Å². The molecule has 200 valence electrons. The lowest BCUT2D eigenvalue weighted by atomic mass is 10.0. The highest BCUT2D eigenvalue weighted by atomic mass is 19.4. The third-order valence-corrected chi connectivity index (χ3v) is 5.86. The zero-order valence-electron chi connectivity index (χ0n) is 20.5. The van der Waals surface area contributed by atoms with Crippen molar-refractivity contribution in [1.29, 1.82) is 0 Å². The summed E-state index contributed by atoms with van der Waals surface area (Å²) >= 11 is 0. The molecule has 0 saturated carbocycles. The number of nitrogens with zero attached hydrogens (tertiary/aromatic N) is 2. The number of ether oxygens (including phenoxy) is 1. The van der Waals surface area contributed by atoms with Gasteiger partial charge in [0.25, 0.3) is 5.91 Å². The second-order valence-electron chi connectivity index (χ2n) is 8.78. The summed E-state index contributed by atoms with van der Waals surface area (Å²) in [5, 5.41) is 7.25. The number of carbonyl (C=O) groups is 3. The lowest BCUT2D eigenvalue weighted by Crippen LogP contribution is -2.56. The third kappa shape index (κ3) is 6.16. The van der Waals surface area contributed by atoms with Crippen LogP contribution in [0.5, 0.6) is 0 Å². The van der Waals surface area contributed by atoms with Gasteiger partial charge < -0.3 is 15.4 Å². The van der Waals surface area contributed by atoms with Gasteiger partial charge in [0.2, 0.25) is 5.91 Å². The second kappa shape index (κ2) is 11.1. The predicted octanol–water partition coefficient (Wildman–Crippen LogP) is 3.45. The number of carbonyl (C=O) groups excluding carboxylic acids is 3. The Morgan fingerprint density at radius 2 is 1.84 bits per heavy atom. The lowest BCUT2D eigenvalue weighted by Gasteiger charge is -2.31. The van der Waals surface area contributed by atoms with E-state index in [1.54, 1.807) is 40.0 Å². The van der Waals surface area contributed by atoms with Gasteiger partial charge >= 0.3 is 12.3 Å². The average Bonchev–Trinajstić information content (AvgIpc) is 3.19. The molecule has 37 heavy (non-hydrogen) atoms. The summed E-state index contributed by atoms with van der Waals surface area (Å²) in [7, 11) is 1.58. The molecule has 9 nitrogen and oxygen atoms in total. The van der Waals surface area contributed by atoms with Crippen molar-refractivity contribution in [1.82, 2.24) is 15.6 Å². The van der Waals surface area contributed by atoms with Gasteiger partial charge in [-0.05, 0) is 38.1 Å². The van der Waals surface area contributed by atoms with Crippen LogP contribution >= 0.6 is 0 Å². The quantitative estimate of drug-likeness (QED) is 0.478. The summed E-state index contributed by atoms with van der Waals surface area (Å²) in [6.07, 6.45) is -6.24. The molecule has 3 atom stereocenters. The second-order valence-corrected chi connectivity index (χ2v) is 8.78. The van der Waals surface area contributed by atoms with Gasteiger partial charge in [-0.3, -0.25) is 19.8 Å². The Labute approximate surface area is 210 Å². The molecule has 0 fully saturated rings. The van der Waals surface area contributed by atoms with E-state index >= 15 is 0 Å². The number of pyridine rings is 1. The Bertz CT molecular complexity index is 1170. The monoisotopic (exact) mass is 525 g/mol. The molecule has 0 bridgehead atoms. The van der Waals surface area contributed by atoms with E-state index in [1.165, 1.54) is 6.20 Å². The highest BCUT2D eigenvalue weighted by molar-refractivity contribution is 6.01. The number of benzene rings is 1. The van der Waals surface area contributed by atoms with Crippen molar-refractivity contribution < 1.29 is 36.7 Å². The van der Waals surface area contributed by atoms with E-state index in [9.17, 15) is 31.9 Å². The maximum absolute atomic E-state index is 14.2. The minimum atomic E-state index is -4.94. The number of nitrogens with one attached hydrogen (secondary N) is 3. The van der Waals surface area contributed by atoms with Crippen LogP contribution in [-0.2, 0) is 26.9 Å². The van der Waals surface area contributed by atoms with Gasteiger partial charge in [0.05, 0.1) is 17.3 Å². The molecule has 2 aromatic rings. The molecular weight excluding hydrogens is 498 g/mol. The number of hydrogen-bond acceptors (Lipinski definition) is 6. The minimum absolute atomic E-state index is 0.0165. The van der Waals surface area contributed by atoms with Crippen LogP contribution in [0.4, 0.5) is 33.9 Å². The van der Waals surface area contributed by atoms with E-state index in [1.807, 2.05) is 5.32 Å². The van der Waals surface area contributed by atoms with Crippen molar-refractivity contribution in [3.63, 3.8) is 0 Å². The number of alkyl halides is 3. The Kier molecular flexibility index (Phi) is 8.36. The molecule has 1 aliphatic heterocycles. The molecular formula is C24H27F4N5O4. The van der Waals surface area contributed by atoms with Gasteiger partial charge in [0.15, 0.2) is 6.23 Å². The number of para-hydroxylation sites is 1. The van der Waals surface area contributed by atoms with E-state index in [2.05, 4.69) is 15.6 Å². The highest BCUT2D eigenvalue weighted by Crippen LogP contribution is 2.37. The average molecular weight is 526 g/mol. The molecule has 3 amide bonds. The van der Waals surface area contributed by atoms with Crippen molar-refractivity contribution >= 4 is 29.4 Å². The smallest absolute Gasteiger partial charge is 0.418 e. The van der Waals surface area contributed by atoms with Gasteiger partial charge in [0.1, 0.15) is 17.7 Å². The van der Waals surface area contributed by atoms with Crippen LogP contribution in [-0.4, -0.2) is 48.3 Å². The summed E-state index contributed by atoms with van der Waals surface area (Å²) in [6, 6.07) is 3.87. The van der Waals surface area contributed by atoms with Crippen molar-refractivity contribution in [2.45, 2.75) is 51.7 Å². The zero-order chi connectivity index (χ0) is 27.5. The van der Waals surface area contributed by atoms with Crippen LogP contribution in [0.2, 0.25) is 0 Å². The molecule has 3 rings (SSSR count). The predicted molar refractivity (Wildman–Crippen MR) is 126 cm³/mol. The molecule has 0 aliphatic carbocycles. The summed E-state index contributed by atoms with van der Waals surface area (Å²) < 4.78 is 59.5. The number of rotatable bonds is 7. The van der Waals surface area contributed by atoms with Crippen molar-refractivity contribution in [3.8, 4) is 0 Å². The molecule has 1 aliphatic rings. The summed E-state index contributed by atoms with van der Waals surface area (Å²) in [5.41, 5.74) is -1.96. The molecule has 3 N–H and O–H groups in total. The van der Waals surface area contributed by atoms with Crippen LogP contribution in [0.1, 0.15) is 31.9 Å². The number of amides is 3. The topological polar surface area (TPSA) is 113 Å². The Balaban J connectivity index is 1.88. The standard InChI is InChI=1S/C24H27F4N5O4/c1-12(2)18(31-21(34)13(3)29-4)22(35)33-17(11-14-7-6-10-30-20(14)33)37-23(36)32-19-15(24(26,27)28)8-5-9-16(19)25/h5-10,12-13,17-18,29H,11H2,1-4H3,(H,31,34)(H,32,36)/t13-,17-,18-/m0/s1. The third-order valence-electron chi connectivity index (χ3n) is 5.86. The maximum atomic E-state index is 14.2. The van der Waals surface area contributed by atoms with Crippen molar-refractivity contribution in [3.05, 3.63) is 53.5 Å². The number of fused-ring (bicyclic) bond motifs is 1. The SMILES string of the molecule is CN[C@@H](C)C(=O)N[C@H](C(=O)N1c2ncccc2C[C@@H]1OC(=O)Nc1c(F)cccc1C(F)(F)F)C(C)C.